The van der Waals surface area contributed by atoms with E-state index in [0.29, 0.717) is 23.9 Å². The summed E-state index contributed by atoms with van der Waals surface area (Å²) in [7, 11) is 1.40. The highest BCUT2D eigenvalue weighted by molar-refractivity contribution is 7.47. The van der Waals surface area contributed by atoms with Crippen LogP contribution < -0.4 is 5.32 Å². The predicted molar refractivity (Wildman–Crippen MR) is 260 cm³/mol. The molecule has 0 aliphatic carbocycles. The van der Waals surface area contributed by atoms with Gasteiger partial charge in [-0.25, -0.2) is 4.57 Å². The van der Waals surface area contributed by atoms with Gasteiger partial charge in [-0.1, -0.05) is 164 Å². The summed E-state index contributed by atoms with van der Waals surface area (Å²) in [5, 5.41) is 24.7. The highest BCUT2D eigenvalue weighted by Gasteiger charge is 2.31. The standard InChI is InChI=1S/C51H95N2O7P/c1-6-8-10-12-14-16-18-20-21-22-23-24-25-26-27-28-29-30-31-32-34-36-38-40-42-44-50(55)52-48(47-60-61(57,58)59-46-45-53(3,4)5)51(56)49(54)43-41-39-37-35-33-19-17-15-13-11-9-7-2/h7,9,15,17-18,20,22-23,35,37,48-49,51,54,56H,6,8,10-14,16,19,21,24-34,36,38-47H2,1-5H3,(H-,52,55,57,58)/p+1/b9-7+,17-15+,20-18-,23-22-,37-35+. The van der Waals surface area contributed by atoms with Crippen LogP contribution in [0.15, 0.2) is 60.8 Å². The summed E-state index contributed by atoms with van der Waals surface area (Å²) in [4.78, 5) is 23.2. The normalized spacial score (nSPS) is 15.2. The average molecular weight is 880 g/mol. The van der Waals surface area contributed by atoms with E-state index in [4.69, 9.17) is 9.05 Å². The number of phosphoric ester groups is 1. The Balaban J connectivity index is 4.33. The molecule has 0 rings (SSSR count). The molecule has 0 spiro atoms. The van der Waals surface area contributed by atoms with Crippen molar-refractivity contribution in [1.29, 1.82) is 0 Å². The topological polar surface area (TPSA) is 125 Å². The summed E-state index contributed by atoms with van der Waals surface area (Å²) >= 11 is 0. The van der Waals surface area contributed by atoms with Crippen molar-refractivity contribution < 1.29 is 38.0 Å². The number of carbonyl (C=O) groups excluding carboxylic acids is 1. The van der Waals surface area contributed by atoms with Crippen LogP contribution in [-0.4, -0.2) is 84.6 Å². The second kappa shape index (κ2) is 42.1. The first-order valence-corrected chi connectivity index (χ1v) is 26.2. The van der Waals surface area contributed by atoms with Gasteiger partial charge in [0.2, 0.25) is 5.91 Å². The average Bonchev–Trinajstić information content (AvgIpc) is 3.21. The molecule has 0 aromatic carbocycles. The summed E-state index contributed by atoms with van der Waals surface area (Å²) in [6.45, 7) is 4.34. The number of quaternary nitrogens is 1. The maximum absolute atomic E-state index is 12.9. The maximum atomic E-state index is 12.9. The predicted octanol–water partition coefficient (Wildman–Crippen LogP) is 13.2. The molecule has 0 aromatic rings. The molecule has 10 heteroatoms. The second-order valence-electron chi connectivity index (χ2n) is 18.0. The molecule has 0 heterocycles. The Morgan fingerprint density at radius 1 is 0.607 bits per heavy atom. The first-order valence-electron chi connectivity index (χ1n) is 24.7. The van der Waals surface area contributed by atoms with Crippen LogP contribution in [0, 0.1) is 0 Å². The molecule has 0 radical (unpaired) electrons. The van der Waals surface area contributed by atoms with Crippen molar-refractivity contribution in [2.75, 3.05) is 40.9 Å². The number of hydrogen-bond donors (Lipinski definition) is 4. The molecular formula is C51H96N2O7P+. The summed E-state index contributed by atoms with van der Waals surface area (Å²) in [6, 6.07) is -1.06. The molecule has 1 amide bonds. The van der Waals surface area contributed by atoms with E-state index in [2.05, 4.69) is 73.0 Å². The van der Waals surface area contributed by atoms with Gasteiger partial charge in [0.05, 0.1) is 39.9 Å². The number of nitrogens with one attached hydrogen (secondary N) is 1. The molecule has 356 valence electrons. The fourth-order valence-electron chi connectivity index (χ4n) is 6.92. The monoisotopic (exact) mass is 880 g/mol. The number of likely N-dealkylation sites (N-methyl/N-ethyl adjacent to an activating group) is 1. The largest absolute Gasteiger partial charge is 0.472 e. The molecule has 0 aliphatic rings. The molecule has 61 heavy (non-hydrogen) atoms. The number of allylic oxidation sites excluding steroid dienone is 10. The van der Waals surface area contributed by atoms with Gasteiger partial charge in [-0.3, -0.25) is 13.8 Å². The lowest BCUT2D eigenvalue weighted by atomic mass is 10.0. The van der Waals surface area contributed by atoms with Gasteiger partial charge in [0, 0.05) is 6.42 Å². The molecule has 4 atom stereocenters. The minimum absolute atomic E-state index is 0.0103. The van der Waals surface area contributed by atoms with Crippen LogP contribution in [0.2, 0.25) is 0 Å². The van der Waals surface area contributed by atoms with E-state index in [9.17, 15) is 24.5 Å². The molecule has 0 fully saturated rings. The van der Waals surface area contributed by atoms with Crippen LogP contribution >= 0.6 is 7.82 Å². The zero-order valence-corrected chi connectivity index (χ0v) is 40.9. The molecule has 4 N–H and O–H groups in total. The number of hydrogen-bond acceptors (Lipinski definition) is 6. The van der Waals surface area contributed by atoms with Crippen molar-refractivity contribution in [2.45, 2.75) is 218 Å². The van der Waals surface area contributed by atoms with E-state index < -0.39 is 32.7 Å². The van der Waals surface area contributed by atoms with Crippen molar-refractivity contribution in [3.05, 3.63) is 60.8 Å². The van der Waals surface area contributed by atoms with Crippen LogP contribution in [0.1, 0.15) is 200 Å². The van der Waals surface area contributed by atoms with Crippen molar-refractivity contribution in [3.63, 3.8) is 0 Å². The minimum atomic E-state index is -4.43. The van der Waals surface area contributed by atoms with Gasteiger partial charge >= 0.3 is 7.82 Å². The lowest BCUT2D eigenvalue weighted by Gasteiger charge is -2.28. The number of phosphoric acid groups is 1. The highest BCUT2D eigenvalue weighted by Crippen LogP contribution is 2.43. The van der Waals surface area contributed by atoms with Gasteiger partial charge in [0.15, 0.2) is 0 Å². The summed E-state index contributed by atoms with van der Waals surface area (Å²) in [5.74, 6) is -0.277. The molecule has 9 nitrogen and oxygen atoms in total. The van der Waals surface area contributed by atoms with E-state index >= 15 is 0 Å². The van der Waals surface area contributed by atoms with Crippen LogP contribution in [0.4, 0.5) is 0 Å². The first-order chi connectivity index (χ1) is 29.4. The van der Waals surface area contributed by atoms with E-state index in [0.717, 1.165) is 64.2 Å². The number of nitrogens with zero attached hydrogens (tertiary/aromatic N) is 1. The zero-order chi connectivity index (χ0) is 45.1. The SMILES string of the molecule is C/C=C/CC/C=C/CC/C=C/CCCC(O)C(O)C(COP(=O)(O)OCC[N+](C)(C)C)NC(=O)CCCCCCCCCCCCCCC/C=C\C/C=C\CCCCCCC. The zero-order valence-electron chi connectivity index (χ0n) is 40.0. The smallest absolute Gasteiger partial charge is 0.390 e. The van der Waals surface area contributed by atoms with Crippen molar-refractivity contribution in [2.24, 2.45) is 0 Å². The number of unbranched alkanes of at least 4 members (excludes halogenated alkanes) is 21. The highest BCUT2D eigenvalue weighted by atomic mass is 31.2. The second-order valence-corrected chi connectivity index (χ2v) is 19.4. The summed E-state index contributed by atoms with van der Waals surface area (Å²) in [6.07, 6.45) is 51.7. The quantitative estimate of drug-likeness (QED) is 0.0208. The number of aliphatic hydroxyl groups is 2. The third-order valence-corrected chi connectivity index (χ3v) is 11.9. The van der Waals surface area contributed by atoms with Crippen molar-refractivity contribution in [1.82, 2.24) is 5.32 Å². The Labute approximate surface area is 375 Å². The Morgan fingerprint density at radius 2 is 1.05 bits per heavy atom. The molecule has 4 unspecified atom stereocenters. The third kappa shape index (κ3) is 43.2. The fraction of sp³-hybridized carbons (Fsp3) is 0.784. The number of aliphatic hydroxyl groups excluding tert-OH is 2. The van der Waals surface area contributed by atoms with Gasteiger partial charge in [0.1, 0.15) is 19.3 Å². The van der Waals surface area contributed by atoms with Crippen LogP contribution in [0.25, 0.3) is 0 Å². The Morgan fingerprint density at radius 3 is 1.56 bits per heavy atom. The molecule has 0 aliphatic heterocycles. The fourth-order valence-corrected chi connectivity index (χ4v) is 7.65. The van der Waals surface area contributed by atoms with Gasteiger partial charge in [0.25, 0.3) is 0 Å². The number of carbonyl (C=O) groups is 1. The Hall–Kier alpha value is -1.84. The van der Waals surface area contributed by atoms with Crippen LogP contribution in [0.5, 0.6) is 0 Å². The molecule has 0 saturated carbocycles. The van der Waals surface area contributed by atoms with E-state index in [1.54, 1.807) is 0 Å². The van der Waals surface area contributed by atoms with Gasteiger partial charge in [-0.2, -0.15) is 0 Å². The summed E-state index contributed by atoms with van der Waals surface area (Å²) in [5.41, 5.74) is 0. The first kappa shape index (κ1) is 59.2. The number of rotatable bonds is 44. The molecular weight excluding hydrogens is 784 g/mol. The van der Waals surface area contributed by atoms with Crippen LogP contribution in [-0.2, 0) is 18.4 Å². The van der Waals surface area contributed by atoms with E-state index in [1.807, 2.05) is 28.1 Å². The lowest BCUT2D eigenvalue weighted by molar-refractivity contribution is -0.870. The van der Waals surface area contributed by atoms with Crippen molar-refractivity contribution >= 4 is 13.7 Å². The van der Waals surface area contributed by atoms with Crippen LogP contribution in [0.3, 0.4) is 0 Å². The molecule has 0 aromatic heterocycles. The Kier molecular flexibility index (Phi) is 40.9. The van der Waals surface area contributed by atoms with Gasteiger partial charge in [-0.15, -0.1) is 0 Å². The Bertz CT molecular complexity index is 1200. The van der Waals surface area contributed by atoms with Gasteiger partial charge < -0.3 is 24.9 Å². The third-order valence-electron chi connectivity index (χ3n) is 10.9. The van der Waals surface area contributed by atoms with Crippen molar-refractivity contribution in [3.8, 4) is 0 Å². The van der Waals surface area contributed by atoms with Gasteiger partial charge in [-0.05, 0) is 90.4 Å². The minimum Gasteiger partial charge on any atom is -0.390 e. The maximum Gasteiger partial charge on any atom is 0.472 e. The summed E-state index contributed by atoms with van der Waals surface area (Å²) < 4.78 is 23.5. The molecule has 0 bridgehead atoms. The lowest BCUT2D eigenvalue weighted by Crippen LogP contribution is -2.51. The van der Waals surface area contributed by atoms with E-state index in [1.165, 1.54) is 103 Å². The van der Waals surface area contributed by atoms with E-state index in [-0.39, 0.29) is 18.9 Å². The molecule has 0 saturated heterocycles. The number of amides is 1.